The fraction of sp³-hybridized carbons (Fsp3) is 0.176. The summed E-state index contributed by atoms with van der Waals surface area (Å²) in [4.78, 5) is 24.7. The maximum absolute atomic E-state index is 12.9. The predicted molar refractivity (Wildman–Crippen MR) is 91.6 cm³/mol. The minimum Gasteiger partial charge on any atom is -0.325 e. The average Bonchev–Trinajstić information content (AvgIpc) is 2.49. The van der Waals surface area contributed by atoms with Crippen LogP contribution in [0.1, 0.15) is 13.8 Å². The number of carbonyl (C=O) groups is 2. The van der Waals surface area contributed by atoms with Gasteiger partial charge in [0.25, 0.3) is 0 Å². The Labute approximate surface area is 142 Å². The van der Waals surface area contributed by atoms with E-state index in [0.29, 0.717) is 11.4 Å². The van der Waals surface area contributed by atoms with Crippen molar-refractivity contribution < 1.29 is 14.0 Å². The van der Waals surface area contributed by atoms with Crippen molar-refractivity contribution in [3.05, 3.63) is 58.8 Å². The SMILES string of the molecule is CC(C)(C(=O)Nc1ccc(F)cc1)C(=O)Nc1cccc(Br)c1. The lowest BCUT2D eigenvalue weighted by Crippen LogP contribution is -2.41. The summed E-state index contributed by atoms with van der Waals surface area (Å²) in [6.45, 7) is 3.05. The lowest BCUT2D eigenvalue weighted by molar-refractivity contribution is -0.135. The topological polar surface area (TPSA) is 58.2 Å². The van der Waals surface area contributed by atoms with Gasteiger partial charge >= 0.3 is 0 Å². The van der Waals surface area contributed by atoms with Crippen molar-refractivity contribution in [2.24, 2.45) is 5.41 Å². The van der Waals surface area contributed by atoms with E-state index in [1.54, 1.807) is 18.2 Å². The average molecular weight is 379 g/mol. The molecular weight excluding hydrogens is 363 g/mol. The molecule has 0 atom stereocenters. The minimum atomic E-state index is -1.29. The van der Waals surface area contributed by atoms with E-state index >= 15 is 0 Å². The summed E-state index contributed by atoms with van der Waals surface area (Å²) in [6.07, 6.45) is 0. The van der Waals surface area contributed by atoms with Gasteiger partial charge in [-0.3, -0.25) is 9.59 Å². The first-order valence-corrected chi connectivity index (χ1v) is 7.72. The second-order valence-corrected chi connectivity index (χ2v) is 6.47. The highest BCUT2D eigenvalue weighted by molar-refractivity contribution is 9.10. The largest absolute Gasteiger partial charge is 0.325 e. The van der Waals surface area contributed by atoms with Crippen LogP contribution in [-0.2, 0) is 9.59 Å². The molecule has 2 amide bonds. The molecule has 23 heavy (non-hydrogen) atoms. The molecule has 4 nitrogen and oxygen atoms in total. The Morgan fingerprint density at radius 2 is 1.52 bits per heavy atom. The smallest absolute Gasteiger partial charge is 0.239 e. The van der Waals surface area contributed by atoms with E-state index in [9.17, 15) is 14.0 Å². The van der Waals surface area contributed by atoms with Crippen LogP contribution in [0.4, 0.5) is 15.8 Å². The number of rotatable bonds is 4. The first kappa shape index (κ1) is 17.1. The molecule has 0 unspecified atom stereocenters. The van der Waals surface area contributed by atoms with E-state index in [0.717, 1.165) is 4.47 Å². The number of halogens is 2. The highest BCUT2D eigenvalue weighted by atomic mass is 79.9. The Balaban J connectivity index is 2.08. The zero-order chi connectivity index (χ0) is 17.0. The van der Waals surface area contributed by atoms with Gasteiger partial charge in [-0.1, -0.05) is 22.0 Å². The fourth-order valence-corrected chi connectivity index (χ4v) is 2.18. The van der Waals surface area contributed by atoms with Gasteiger partial charge in [0.2, 0.25) is 11.8 Å². The van der Waals surface area contributed by atoms with Crippen LogP contribution in [0.2, 0.25) is 0 Å². The summed E-state index contributed by atoms with van der Waals surface area (Å²) < 4.78 is 13.7. The van der Waals surface area contributed by atoms with E-state index in [1.807, 2.05) is 6.07 Å². The monoisotopic (exact) mass is 378 g/mol. The summed E-state index contributed by atoms with van der Waals surface area (Å²) in [7, 11) is 0. The van der Waals surface area contributed by atoms with Gasteiger partial charge in [-0.05, 0) is 56.3 Å². The Morgan fingerprint density at radius 3 is 2.09 bits per heavy atom. The van der Waals surface area contributed by atoms with Crippen LogP contribution in [0.25, 0.3) is 0 Å². The van der Waals surface area contributed by atoms with Gasteiger partial charge < -0.3 is 10.6 Å². The summed E-state index contributed by atoms with van der Waals surface area (Å²) in [6, 6.07) is 12.5. The van der Waals surface area contributed by atoms with E-state index in [-0.39, 0.29) is 0 Å². The molecule has 0 fully saturated rings. The Bertz CT molecular complexity index is 730. The molecule has 0 aliphatic rings. The molecule has 6 heteroatoms. The van der Waals surface area contributed by atoms with E-state index in [1.165, 1.54) is 38.1 Å². The van der Waals surface area contributed by atoms with Crippen LogP contribution in [-0.4, -0.2) is 11.8 Å². The molecule has 0 heterocycles. The summed E-state index contributed by atoms with van der Waals surface area (Å²) in [5.41, 5.74) is -0.275. The van der Waals surface area contributed by atoms with Gasteiger partial charge in [0, 0.05) is 15.8 Å². The van der Waals surface area contributed by atoms with Crippen LogP contribution in [0.3, 0.4) is 0 Å². The molecule has 0 aliphatic heterocycles. The van der Waals surface area contributed by atoms with E-state index in [4.69, 9.17) is 0 Å². The molecule has 0 saturated carbocycles. The third kappa shape index (κ3) is 4.39. The molecule has 0 aromatic heterocycles. The van der Waals surface area contributed by atoms with Gasteiger partial charge in [-0.2, -0.15) is 0 Å². The van der Waals surface area contributed by atoms with Crippen LogP contribution in [0.15, 0.2) is 53.0 Å². The van der Waals surface area contributed by atoms with E-state index < -0.39 is 23.0 Å². The zero-order valence-electron chi connectivity index (χ0n) is 12.7. The molecule has 2 aromatic carbocycles. The molecule has 0 spiro atoms. The maximum Gasteiger partial charge on any atom is 0.239 e. The number of benzene rings is 2. The Hall–Kier alpha value is -2.21. The second-order valence-electron chi connectivity index (χ2n) is 5.55. The highest BCUT2D eigenvalue weighted by Gasteiger charge is 2.36. The third-order valence-electron chi connectivity index (χ3n) is 3.32. The van der Waals surface area contributed by atoms with Crippen molar-refractivity contribution in [1.82, 2.24) is 0 Å². The molecule has 2 rings (SSSR count). The lowest BCUT2D eigenvalue weighted by atomic mass is 9.90. The Morgan fingerprint density at radius 1 is 0.957 bits per heavy atom. The highest BCUT2D eigenvalue weighted by Crippen LogP contribution is 2.23. The molecule has 0 bridgehead atoms. The lowest BCUT2D eigenvalue weighted by Gasteiger charge is -2.22. The fourth-order valence-electron chi connectivity index (χ4n) is 1.78. The molecule has 2 N–H and O–H groups in total. The van der Waals surface area contributed by atoms with Crippen LogP contribution in [0.5, 0.6) is 0 Å². The number of hydrogen-bond donors (Lipinski definition) is 2. The summed E-state index contributed by atoms with van der Waals surface area (Å²) in [5.74, 6) is -1.30. The van der Waals surface area contributed by atoms with E-state index in [2.05, 4.69) is 26.6 Å². The van der Waals surface area contributed by atoms with Gasteiger partial charge in [0.1, 0.15) is 11.2 Å². The van der Waals surface area contributed by atoms with Crippen molar-refractivity contribution in [2.45, 2.75) is 13.8 Å². The molecular formula is C17H16BrFN2O2. The number of nitrogens with one attached hydrogen (secondary N) is 2. The van der Waals surface area contributed by atoms with Gasteiger partial charge in [0.15, 0.2) is 0 Å². The summed E-state index contributed by atoms with van der Waals surface area (Å²) >= 11 is 3.32. The van der Waals surface area contributed by atoms with Crippen molar-refractivity contribution in [2.75, 3.05) is 10.6 Å². The standard InChI is InChI=1S/C17H16BrFN2O2/c1-17(2,15(22)20-13-8-6-12(19)7-9-13)16(23)21-14-5-3-4-11(18)10-14/h3-10H,1-2H3,(H,20,22)(H,21,23). The molecule has 120 valence electrons. The molecule has 0 aliphatic carbocycles. The van der Waals surface area contributed by atoms with Gasteiger partial charge in [-0.15, -0.1) is 0 Å². The molecule has 0 saturated heterocycles. The van der Waals surface area contributed by atoms with Crippen LogP contribution >= 0.6 is 15.9 Å². The first-order valence-electron chi connectivity index (χ1n) is 6.93. The van der Waals surface area contributed by atoms with Gasteiger partial charge in [-0.25, -0.2) is 4.39 Å². The molecule has 2 aromatic rings. The number of carbonyl (C=O) groups excluding carboxylic acids is 2. The van der Waals surface area contributed by atoms with Crippen molar-refractivity contribution >= 4 is 39.1 Å². The zero-order valence-corrected chi connectivity index (χ0v) is 14.3. The normalized spacial score (nSPS) is 11.0. The van der Waals surface area contributed by atoms with Crippen molar-refractivity contribution in [3.8, 4) is 0 Å². The number of anilines is 2. The predicted octanol–water partition coefficient (Wildman–Crippen LogP) is 4.19. The third-order valence-corrected chi connectivity index (χ3v) is 3.81. The molecule has 0 radical (unpaired) electrons. The number of amides is 2. The maximum atomic E-state index is 12.9. The number of hydrogen-bond acceptors (Lipinski definition) is 2. The minimum absolute atomic E-state index is 0.394. The van der Waals surface area contributed by atoms with Crippen LogP contribution < -0.4 is 10.6 Å². The Kier molecular flexibility index (Phi) is 5.15. The second kappa shape index (κ2) is 6.91. The van der Waals surface area contributed by atoms with Crippen LogP contribution in [0, 0.1) is 11.2 Å². The quantitative estimate of drug-likeness (QED) is 0.783. The first-order chi connectivity index (χ1) is 10.8. The summed E-state index contributed by atoms with van der Waals surface area (Å²) in [5, 5.41) is 5.32. The van der Waals surface area contributed by atoms with Crippen molar-refractivity contribution in [1.29, 1.82) is 0 Å². The van der Waals surface area contributed by atoms with Gasteiger partial charge in [0.05, 0.1) is 0 Å². The van der Waals surface area contributed by atoms with Crippen molar-refractivity contribution in [3.63, 3.8) is 0 Å².